The Bertz CT molecular complexity index is 899. The molecule has 4 heteroatoms. The van der Waals surface area contributed by atoms with Crippen LogP contribution in [0, 0.1) is 0 Å². The Morgan fingerprint density at radius 2 is 1.70 bits per heavy atom. The Hall–Kier alpha value is -2.75. The molecule has 0 spiro atoms. The lowest BCUT2D eigenvalue weighted by molar-refractivity contribution is 0.353. The summed E-state index contributed by atoms with van der Waals surface area (Å²) in [6.07, 6.45) is 0. The van der Waals surface area contributed by atoms with Gasteiger partial charge in [-0.15, -0.1) is 0 Å². The van der Waals surface area contributed by atoms with Gasteiger partial charge in [0, 0.05) is 6.07 Å². The smallest absolute Gasteiger partial charge is 0.294 e. The van der Waals surface area contributed by atoms with E-state index < -0.39 is 0 Å². The van der Waals surface area contributed by atoms with Crippen molar-refractivity contribution in [3.05, 3.63) is 64.3 Å². The Balaban J connectivity index is 1.94. The van der Waals surface area contributed by atoms with Crippen LogP contribution in [0.2, 0.25) is 0 Å². The summed E-state index contributed by atoms with van der Waals surface area (Å²) in [4.78, 5) is 12.1. The van der Waals surface area contributed by atoms with Gasteiger partial charge in [0.1, 0.15) is 17.1 Å². The zero-order valence-electron chi connectivity index (χ0n) is 13.3. The first kappa shape index (κ1) is 15.2. The van der Waals surface area contributed by atoms with E-state index in [-0.39, 0.29) is 22.5 Å². The molecule has 0 saturated heterocycles. The highest BCUT2D eigenvalue weighted by Crippen LogP contribution is 2.28. The minimum atomic E-state index is -0.215. The van der Waals surface area contributed by atoms with Gasteiger partial charge < -0.3 is 14.3 Å². The second-order valence-electron chi connectivity index (χ2n) is 6.49. The summed E-state index contributed by atoms with van der Waals surface area (Å²) in [5, 5.41) is 9.91. The van der Waals surface area contributed by atoms with E-state index in [0.29, 0.717) is 16.7 Å². The minimum absolute atomic E-state index is 0.0346. The molecule has 0 atom stereocenters. The van der Waals surface area contributed by atoms with E-state index in [1.807, 2.05) is 24.3 Å². The van der Waals surface area contributed by atoms with Gasteiger partial charge in [-0.05, 0) is 35.2 Å². The van der Waals surface area contributed by atoms with Crippen molar-refractivity contribution < 1.29 is 14.3 Å². The van der Waals surface area contributed by atoms with Gasteiger partial charge in [0.2, 0.25) is 0 Å². The topological polar surface area (TPSA) is 59.7 Å². The summed E-state index contributed by atoms with van der Waals surface area (Å²) in [6.45, 7) is 6.41. The van der Waals surface area contributed by atoms with Crippen LogP contribution in [0.1, 0.15) is 26.3 Å². The Labute approximate surface area is 134 Å². The molecule has 0 amide bonds. The van der Waals surface area contributed by atoms with E-state index in [1.165, 1.54) is 29.8 Å². The average molecular weight is 310 g/mol. The minimum Gasteiger partial charge on any atom is -0.508 e. The molecule has 1 N–H and O–H groups in total. The highest BCUT2D eigenvalue weighted by atomic mass is 16.6. The maximum atomic E-state index is 12.1. The van der Waals surface area contributed by atoms with Crippen molar-refractivity contribution in [1.29, 1.82) is 0 Å². The normalized spacial score (nSPS) is 11.6. The van der Waals surface area contributed by atoms with E-state index in [9.17, 15) is 9.90 Å². The van der Waals surface area contributed by atoms with Crippen LogP contribution in [0.15, 0.2) is 57.7 Å². The first-order valence-electron chi connectivity index (χ1n) is 7.38. The van der Waals surface area contributed by atoms with Gasteiger partial charge in [0.25, 0.3) is 5.95 Å². The number of benzene rings is 2. The molecule has 3 aromatic rings. The van der Waals surface area contributed by atoms with Crippen LogP contribution in [-0.4, -0.2) is 5.11 Å². The quantitative estimate of drug-likeness (QED) is 0.752. The molecular formula is C19H18O4. The summed E-state index contributed by atoms with van der Waals surface area (Å²) < 4.78 is 11.2. The van der Waals surface area contributed by atoms with Gasteiger partial charge >= 0.3 is 0 Å². The van der Waals surface area contributed by atoms with Crippen LogP contribution in [0.5, 0.6) is 17.4 Å². The zero-order chi connectivity index (χ0) is 16.6. The third-order valence-electron chi connectivity index (χ3n) is 3.63. The van der Waals surface area contributed by atoms with E-state index in [2.05, 4.69) is 20.8 Å². The molecule has 4 nitrogen and oxygen atoms in total. The fourth-order valence-corrected chi connectivity index (χ4v) is 2.31. The Morgan fingerprint density at radius 3 is 2.35 bits per heavy atom. The van der Waals surface area contributed by atoms with Gasteiger partial charge in [-0.2, -0.15) is 0 Å². The Kier molecular flexibility index (Phi) is 3.60. The van der Waals surface area contributed by atoms with Crippen LogP contribution >= 0.6 is 0 Å². The maximum absolute atomic E-state index is 12.1. The van der Waals surface area contributed by atoms with Crippen molar-refractivity contribution in [2.24, 2.45) is 0 Å². The molecule has 0 aliphatic heterocycles. The molecule has 0 aliphatic carbocycles. The maximum Gasteiger partial charge on any atom is 0.294 e. The van der Waals surface area contributed by atoms with Crippen molar-refractivity contribution in [1.82, 2.24) is 0 Å². The predicted molar refractivity (Wildman–Crippen MR) is 89.4 cm³/mol. The van der Waals surface area contributed by atoms with Gasteiger partial charge in [-0.25, -0.2) is 0 Å². The zero-order valence-corrected chi connectivity index (χ0v) is 13.3. The third kappa shape index (κ3) is 3.21. The van der Waals surface area contributed by atoms with Gasteiger partial charge in [0.15, 0.2) is 5.43 Å². The molecular weight excluding hydrogens is 292 g/mol. The summed E-state index contributed by atoms with van der Waals surface area (Å²) in [7, 11) is 0. The summed E-state index contributed by atoms with van der Waals surface area (Å²) in [5.41, 5.74) is 1.33. The highest BCUT2D eigenvalue weighted by molar-refractivity contribution is 5.78. The second-order valence-corrected chi connectivity index (χ2v) is 6.49. The monoisotopic (exact) mass is 310 g/mol. The number of fused-ring (bicyclic) bond motifs is 1. The number of rotatable bonds is 2. The van der Waals surface area contributed by atoms with Crippen LogP contribution in [-0.2, 0) is 5.41 Å². The molecule has 0 unspecified atom stereocenters. The largest absolute Gasteiger partial charge is 0.508 e. The number of hydrogen-bond acceptors (Lipinski definition) is 4. The van der Waals surface area contributed by atoms with Crippen LogP contribution in [0.4, 0.5) is 0 Å². The molecule has 0 aliphatic rings. The number of ether oxygens (including phenoxy) is 1. The molecule has 0 saturated carbocycles. The Morgan fingerprint density at radius 1 is 1.00 bits per heavy atom. The van der Waals surface area contributed by atoms with Gasteiger partial charge in [-0.3, -0.25) is 4.79 Å². The molecule has 2 aromatic carbocycles. The number of aromatic hydroxyl groups is 1. The molecule has 3 rings (SSSR count). The third-order valence-corrected chi connectivity index (χ3v) is 3.63. The SMILES string of the molecule is CC(C)(C)c1ccc(Oc2cc(=O)c3ccc(O)cc3o2)cc1. The summed E-state index contributed by atoms with van der Waals surface area (Å²) >= 11 is 0. The van der Waals surface area contributed by atoms with E-state index in [4.69, 9.17) is 9.15 Å². The molecule has 118 valence electrons. The first-order valence-corrected chi connectivity index (χ1v) is 7.38. The van der Waals surface area contributed by atoms with Gasteiger partial charge in [-0.1, -0.05) is 32.9 Å². The summed E-state index contributed by atoms with van der Waals surface area (Å²) in [6, 6.07) is 13.3. The second kappa shape index (κ2) is 5.47. The molecule has 0 bridgehead atoms. The first-order chi connectivity index (χ1) is 10.8. The molecule has 23 heavy (non-hydrogen) atoms. The fourth-order valence-electron chi connectivity index (χ4n) is 2.31. The van der Waals surface area contributed by atoms with Crippen molar-refractivity contribution in [2.75, 3.05) is 0 Å². The molecule has 1 aromatic heterocycles. The molecule has 1 heterocycles. The van der Waals surface area contributed by atoms with Crippen molar-refractivity contribution in [3.8, 4) is 17.4 Å². The van der Waals surface area contributed by atoms with Crippen LogP contribution in [0.25, 0.3) is 11.0 Å². The van der Waals surface area contributed by atoms with Crippen molar-refractivity contribution in [3.63, 3.8) is 0 Å². The lowest BCUT2D eigenvalue weighted by atomic mass is 9.87. The van der Waals surface area contributed by atoms with E-state index >= 15 is 0 Å². The molecule has 0 radical (unpaired) electrons. The van der Waals surface area contributed by atoms with Crippen molar-refractivity contribution >= 4 is 11.0 Å². The number of hydrogen-bond donors (Lipinski definition) is 1. The number of phenolic OH excluding ortho intramolecular Hbond substituents is 1. The van der Waals surface area contributed by atoms with E-state index in [1.54, 1.807) is 0 Å². The van der Waals surface area contributed by atoms with Crippen LogP contribution < -0.4 is 10.2 Å². The standard InChI is InChI=1S/C19H18O4/c1-19(2,3)12-4-7-14(8-5-12)22-18-11-16(21)15-9-6-13(20)10-17(15)23-18/h4-11,20H,1-3H3. The lowest BCUT2D eigenvalue weighted by Gasteiger charge is -2.19. The highest BCUT2D eigenvalue weighted by Gasteiger charge is 2.13. The van der Waals surface area contributed by atoms with Crippen LogP contribution in [0.3, 0.4) is 0 Å². The van der Waals surface area contributed by atoms with Gasteiger partial charge in [0.05, 0.1) is 11.5 Å². The molecule has 0 fully saturated rings. The van der Waals surface area contributed by atoms with E-state index in [0.717, 1.165) is 0 Å². The number of phenols is 1. The summed E-state index contributed by atoms with van der Waals surface area (Å²) in [5.74, 6) is 0.713. The predicted octanol–water partition coefficient (Wildman–Crippen LogP) is 4.59. The van der Waals surface area contributed by atoms with Crippen molar-refractivity contribution in [2.45, 2.75) is 26.2 Å². The lowest BCUT2D eigenvalue weighted by Crippen LogP contribution is -2.10. The average Bonchev–Trinajstić information content (AvgIpc) is 2.46. The fraction of sp³-hybridized carbons (Fsp3) is 0.211.